The average Bonchev–Trinajstić information content (AvgIpc) is 3.00. The van der Waals surface area contributed by atoms with E-state index in [-0.39, 0.29) is 29.8 Å². The number of rotatable bonds is 4. The van der Waals surface area contributed by atoms with E-state index < -0.39 is 5.97 Å². The number of nitrogens with two attached hydrogens (primary N) is 3. The van der Waals surface area contributed by atoms with Gasteiger partial charge in [0, 0.05) is 12.4 Å². The number of ether oxygens (including phenoxy) is 1. The fourth-order valence-electron chi connectivity index (χ4n) is 1.84. The van der Waals surface area contributed by atoms with E-state index in [9.17, 15) is 4.79 Å². The van der Waals surface area contributed by atoms with Gasteiger partial charge in [0.25, 0.3) is 0 Å². The van der Waals surface area contributed by atoms with Crippen LogP contribution >= 0.6 is 0 Å². The Morgan fingerprint density at radius 1 is 1.35 bits per heavy atom. The first-order chi connectivity index (χ1) is 11.0. The molecule has 0 aliphatic heterocycles. The molecule has 0 unspecified atom stereocenters. The second-order valence-electron chi connectivity index (χ2n) is 4.38. The van der Waals surface area contributed by atoms with Gasteiger partial charge in [-0.3, -0.25) is 0 Å². The van der Waals surface area contributed by atoms with Crippen LogP contribution < -0.4 is 17.2 Å². The molecule has 9 heteroatoms. The maximum atomic E-state index is 12.0. The monoisotopic (exact) mass is 315 g/mol. The first-order valence-corrected chi connectivity index (χ1v) is 6.76. The van der Waals surface area contributed by atoms with Crippen LogP contribution in [-0.2, 0) is 4.74 Å². The van der Waals surface area contributed by atoms with Crippen molar-refractivity contribution in [3.05, 3.63) is 42.2 Å². The molecule has 0 fully saturated rings. The average molecular weight is 315 g/mol. The van der Waals surface area contributed by atoms with Crippen LogP contribution in [0.5, 0.6) is 0 Å². The first-order valence-electron chi connectivity index (χ1n) is 6.76. The van der Waals surface area contributed by atoms with E-state index in [1.165, 1.54) is 0 Å². The molecule has 2 rings (SSSR count). The van der Waals surface area contributed by atoms with Crippen molar-refractivity contribution < 1.29 is 9.53 Å². The lowest BCUT2D eigenvalue weighted by Crippen LogP contribution is -2.26. The minimum absolute atomic E-state index is 0.173. The number of benzene rings is 1. The van der Waals surface area contributed by atoms with E-state index in [0.29, 0.717) is 5.69 Å². The van der Waals surface area contributed by atoms with Gasteiger partial charge in [0.05, 0.1) is 23.5 Å². The third kappa shape index (κ3) is 4.06. The summed E-state index contributed by atoms with van der Waals surface area (Å²) in [5.41, 5.74) is 17.4. The standard InChI is InChI=1S/C14H17N7O2/c1-2-23-12(22)10-5-4-9(21-7-3-6-18-21)8-11(10)19-14(17)20-13(15)16/h3-8H,2H2,1H3,(H6,15,16,17,19,20). The zero-order chi connectivity index (χ0) is 16.8. The third-order valence-corrected chi connectivity index (χ3v) is 2.72. The maximum absolute atomic E-state index is 12.0. The summed E-state index contributed by atoms with van der Waals surface area (Å²) in [6, 6.07) is 6.70. The van der Waals surface area contributed by atoms with Gasteiger partial charge in [0.2, 0.25) is 5.96 Å². The summed E-state index contributed by atoms with van der Waals surface area (Å²) < 4.78 is 6.62. The lowest BCUT2D eigenvalue weighted by Gasteiger charge is -2.08. The van der Waals surface area contributed by atoms with Crippen LogP contribution in [0.1, 0.15) is 17.3 Å². The zero-order valence-corrected chi connectivity index (χ0v) is 12.5. The van der Waals surface area contributed by atoms with Crippen LogP contribution in [0.4, 0.5) is 5.69 Å². The molecular weight excluding hydrogens is 298 g/mol. The second-order valence-corrected chi connectivity index (χ2v) is 4.38. The number of esters is 1. The van der Waals surface area contributed by atoms with Crippen molar-refractivity contribution >= 4 is 23.6 Å². The summed E-state index contributed by atoms with van der Waals surface area (Å²) in [6.45, 7) is 1.96. The number of guanidine groups is 2. The van der Waals surface area contributed by atoms with Crippen molar-refractivity contribution in [2.24, 2.45) is 27.2 Å². The summed E-state index contributed by atoms with van der Waals surface area (Å²) in [7, 11) is 0. The number of aliphatic imine (C=N–C) groups is 2. The van der Waals surface area contributed by atoms with Gasteiger partial charge in [-0.25, -0.2) is 14.5 Å². The predicted octanol–water partition coefficient (Wildman–Crippen LogP) is 0.269. The normalized spacial score (nSPS) is 11.1. The fourth-order valence-corrected chi connectivity index (χ4v) is 1.84. The van der Waals surface area contributed by atoms with Crippen molar-refractivity contribution in [1.82, 2.24) is 9.78 Å². The number of nitrogens with zero attached hydrogens (tertiary/aromatic N) is 4. The molecule has 0 atom stereocenters. The lowest BCUT2D eigenvalue weighted by atomic mass is 10.1. The van der Waals surface area contributed by atoms with E-state index in [1.54, 1.807) is 48.3 Å². The fraction of sp³-hybridized carbons (Fsp3) is 0.143. The molecule has 23 heavy (non-hydrogen) atoms. The Bertz CT molecular complexity index is 746. The SMILES string of the molecule is CCOC(=O)c1ccc(-n2cccn2)cc1N=C(N)N=C(N)N. The molecule has 1 aromatic heterocycles. The first kappa shape index (κ1) is 16.0. The lowest BCUT2D eigenvalue weighted by molar-refractivity contribution is 0.0527. The highest BCUT2D eigenvalue weighted by atomic mass is 16.5. The van der Waals surface area contributed by atoms with Crippen molar-refractivity contribution in [2.45, 2.75) is 6.92 Å². The van der Waals surface area contributed by atoms with E-state index in [2.05, 4.69) is 15.1 Å². The molecule has 6 N–H and O–H groups in total. The van der Waals surface area contributed by atoms with Crippen LogP contribution in [0.2, 0.25) is 0 Å². The van der Waals surface area contributed by atoms with Crippen LogP contribution in [0.15, 0.2) is 46.6 Å². The summed E-state index contributed by atoms with van der Waals surface area (Å²) in [6.07, 6.45) is 3.39. The quantitative estimate of drug-likeness (QED) is 0.419. The van der Waals surface area contributed by atoms with Gasteiger partial charge in [0.15, 0.2) is 5.96 Å². The van der Waals surface area contributed by atoms with Gasteiger partial charge in [-0.15, -0.1) is 0 Å². The maximum Gasteiger partial charge on any atom is 0.340 e. The summed E-state index contributed by atoms with van der Waals surface area (Å²) >= 11 is 0. The smallest absolute Gasteiger partial charge is 0.340 e. The van der Waals surface area contributed by atoms with Crippen molar-refractivity contribution in [1.29, 1.82) is 0 Å². The molecular formula is C14H17N7O2. The predicted molar refractivity (Wildman–Crippen MR) is 86.6 cm³/mol. The van der Waals surface area contributed by atoms with Gasteiger partial charge in [-0.2, -0.15) is 10.1 Å². The molecule has 2 aromatic rings. The van der Waals surface area contributed by atoms with Crippen molar-refractivity contribution in [2.75, 3.05) is 6.61 Å². The number of carbonyl (C=O) groups is 1. The number of hydrogen-bond donors (Lipinski definition) is 3. The Labute approximate surface area is 132 Å². The molecule has 0 amide bonds. The van der Waals surface area contributed by atoms with Crippen molar-refractivity contribution in [3.63, 3.8) is 0 Å². The highest BCUT2D eigenvalue weighted by Gasteiger charge is 2.14. The molecule has 0 aliphatic carbocycles. The van der Waals surface area contributed by atoms with E-state index in [0.717, 1.165) is 0 Å². The molecule has 0 spiro atoms. The Hall–Kier alpha value is -3.36. The molecule has 0 bridgehead atoms. The third-order valence-electron chi connectivity index (χ3n) is 2.72. The Balaban J connectivity index is 2.51. The topological polar surface area (TPSA) is 147 Å². The van der Waals surface area contributed by atoms with Gasteiger partial charge < -0.3 is 21.9 Å². The molecule has 1 heterocycles. The molecule has 0 radical (unpaired) electrons. The largest absolute Gasteiger partial charge is 0.462 e. The van der Waals surface area contributed by atoms with Crippen LogP contribution in [0.3, 0.4) is 0 Å². The van der Waals surface area contributed by atoms with Crippen LogP contribution in [0, 0.1) is 0 Å². The number of hydrogen-bond acceptors (Lipinski definition) is 4. The summed E-state index contributed by atoms with van der Waals surface area (Å²) in [5, 5.41) is 4.12. The highest BCUT2D eigenvalue weighted by Crippen LogP contribution is 2.24. The van der Waals surface area contributed by atoms with Gasteiger partial charge in [-0.05, 0) is 31.2 Å². The Morgan fingerprint density at radius 2 is 2.13 bits per heavy atom. The second kappa shape index (κ2) is 7.07. The van der Waals surface area contributed by atoms with Crippen molar-refractivity contribution in [3.8, 4) is 5.69 Å². The molecule has 0 aliphatic rings. The summed E-state index contributed by atoms with van der Waals surface area (Å²) in [4.78, 5) is 19.7. The number of aromatic nitrogens is 2. The Morgan fingerprint density at radius 3 is 2.74 bits per heavy atom. The molecule has 0 saturated carbocycles. The van der Waals surface area contributed by atoms with Crippen LogP contribution in [0.25, 0.3) is 5.69 Å². The zero-order valence-electron chi connectivity index (χ0n) is 12.5. The molecule has 9 nitrogen and oxygen atoms in total. The molecule has 1 aromatic carbocycles. The number of carbonyl (C=O) groups excluding carboxylic acids is 1. The van der Waals surface area contributed by atoms with E-state index >= 15 is 0 Å². The van der Waals surface area contributed by atoms with E-state index in [4.69, 9.17) is 21.9 Å². The van der Waals surface area contributed by atoms with Gasteiger partial charge in [-0.1, -0.05) is 0 Å². The van der Waals surface area contributed by atoms with E-state index in [1.807, 2.05) is 0 Å². The van der Waals surface area contributed by atoms with Crippen LogP contribution in [-0.4, -0.2) is 34.3 Å². The molecule has 0 saturated heterocycles. The minimum Gasteiger partial charge on any atom is -0.462 e. The summed E-state index contributed by atoms with van der Waals surface area (Å²) in [5.74, 6) is -0.920. The Kier molecular flexibility index (Phi) is 4.92. The van der Waals surface area contributed by atoms with Gasteiger partial charge >= 0.3 is 5.97 Å². The minimum atomic E-state index is -0.518. The molecule has 120 valence electrons. The van der Waals surface area contributed by atoms with Gasteiger partial charge in [0.1, 0.15) is 0 Å². The highest BCUT2D eigenvalue weighted by molar-refractivity contribution is 5.98.